The van der Waals surface area contributed by atoms with Gasteiger partial charge in [-0.1, -0.05) is 29.8 Å². The topological polar surface area (TPSA) is 100 Å². The lowest BCUT2D eigenvalue weighted by Gasteiger charge is -2.13. The first-order chi connectivity index (χ1) is 14.7. The molecule has 10 heteroatoms. The summed E-state index contributed by atoms with van der Waals surface area (Å²) in [6.45, 7) is 5.86. The minimum absolute atomic E-state index is 0.00172. The smallest absolute Gasteiger partial charge is 0.363 e. The van der Waals surface area contributed by atoms with Gasteiger partial charge in [0.25, 0.3) is 5.69 Å². The molecule has 0 unspecified atom stereocenters. The van der Waals surface area contributed by atoms with E-state index in [1.807, 2.05) is 6.92 Å². The molecular formula is C21H16Cl2N2O6. The van der Waals surface area contributed by atoms with Crippen molar-refractivity contribution in [2.75, 3.05) is 13.7 Å². The standard InChI is InChI=1S/C21H16Cl2N2O6/c1-11(2)10-30-19-16(23)6-12(8-18(19)29-3)7-17-21(26)31-20(24-17)14-5-4-13(25(27)28)9-15(14)22/h4-9H,1,10H2,2-3H3/b17-7-. The first kappa shape index (κ1) is 22.3. The first-order valence-corrected chi connectivity index (χ1v) is 9.56. The van der Waals surface area contributed by atoms with E-state index in [9.17, 15) is 14.9 Å². The molecule has 2 aromatic rings. The minimum Gasteiger partial charge on any atom is -0.493 e. The summed E-state index contributed by atoms with van der Waals surface area (Å²) in [5, 5.41) is 11.2. The largest absolute Gasteiger partial charge is 0.493 e. The summed E-state index contributed by atoms with van der Waals surface area (Å²) >= 11 is 12.4. The van der Waals surface area contributed by atoms with Gasteiger partial charge in [0.1, 0.15) is 6.61 Å². The molecule has 0 atom stereocenters. The number of non-ortho nitro benzene ring substituents is 1. The van der Waals surface area contributed by atoms with Gasteiger partial charge in [-0.2, -0.15) is 0 Å². The third-order valence-corrected chi connectivity index (χ3v) is 4.63. The second-order valence-corrected chi connectivity index (χ2v) is 7.35. The Labute approximate surface area is 187 Å². The number of nitrogens with zero attached hydrogens (tertiary/aromatic N) is 2. The molecule has 1 aliphatic heterocycles. The van der Waals surface area contributed by atoms with Gasteiger partial charge in [-0.3, -0.25) is 10.1 Å². The molecule has 0 saturated heterocycles. The maximum Gasteiger partial charge on any atom is 0.363 e. The Morgan fingerprint density at radius 2 is 2.03 bits per heavy atom. The fourth-order valence-electron chi connectivity index (χ4n) is 2.63. The van der Waals surface area contributed by atoms with E-state index in [1.54, 1.807) is 12.1 Å². The normalized spacial score (nSPS) is 14.3. The van der Waals surface area contributed by atoms with Crippen molar-refractivity contribution in [1.29, 1.82) is 0 Å². The van der Waals surface area contributed by atoms with Crippen LogP contribution in [0, 0.1) is 10.1 Å². The lowest BCUT2D eigenvalue weighted by atomic mass is 10.1. The predicted octanol–water partition coefficient (Wildman–Crippen LogP) is 5.21. The van der Waals surface area contributed by atoms with Gasteiger partial charge in [-0.25, -0.2) is 9.79 Å². The van der Waals surface area contributed by atoms with Gasteiger partial charge in [-0.05, 0) is 42.3 Å². The van der Waals surface area contributed by atoms with E-state index in [0.29, 0.717) is 17.1 Å². The maximum absolute atomic E-state index is 12.3. The summed E-state index contributed by atoms with van der Waals surface area (Å²) in [5.41, 5.74) is 1.40. The van der Waals surface area contributed by atoms with Crippen molar-refractivity contribution in [3.63, 3.8) is 0 Å². The second-order valence-electron chi connectivity index (χ2n) is 6.54. The van der Waals surface area contributed by atoms with Crippen LogP contribution in [0.1, 0.15) is 18.1 Å². The highest BCUT2D eigenvalue weighted by Crippen LogP contribution is 2.37. The monoisotopic (exact) mass is 462 g/mol. The zero-order valence-corrected chi connectivity index (χ0v) is 18.0. The van der Waals surface area contributed by atoms with Gasteiger partial charge >= 0.3 is 5.97 Å². The Morgan fingerprint density at radius 3 is 2.65 bits per heavy atom. The van der Waals surface area contributed by atoms with Crippen molar-refractivity contribution in [2.45, 2.75) is 6.92 Å². The van der Waals surface area contributed by atoms with E-state index in [1.165, 1.54) is 25.3 Å². The number of methoxy groups -OCH3 is 1. The number of carbonyl (C=O) groups is 1. The number of nitro benzene ring substituents is 1. The Bertz CT molecular complexity index is 1160. The molecule has 2 aromatic carbocycles. The molecular weight excluding hydrogens is 447 g/mol. The number of carbonyl (C=O) groups excluding carboxylic acids is 1. The van der Waals surface area contributed by atoms with Crippen LogP contribution in [0.15, 0.2) is 53.2 Å². The van der Waals surface area contributed by atoms with Crippen LogP contribution in [0.2, 0.25) is 10.0 Å². The van der Waals surface area contributed by atoms with Gasteiger partial charge < -0.3 is 14.2 Å². The summed E-state index contributed by atoms with van der Waals surface area (Å²) in [7, 11) is 1.47. The number of hydrogen-bond acceptors (Lipinski definition) is 7. The van der Waals surface area contributed by atoms with Crippen LogP contribution in [0.4, 0.5) is 5.69 Å². The number of esters is 1. The molecule has 0 spiro atoms. The van der Waals surface area contributed by atoms with Crippen LogP contribution in [0.25, 0.3) is 6.08 Å². The lowest BCUT2D eigenvalue weighted by molar-refractivity contribution is -0.384. The van der Waals surface area contributed by atoms with Crippen LogP contribution in [-0.4, -0.2) is 30.5 Å². The van der Waals surface area contributed by atoms with Gasteiger partial charge in [0.15, 0.2) is 17.2 Å². The maximum atomic E-state index is 12.3. The molecule has 0 amide bonds. The molecule has 0 saturated carbocycles. The fraction of sp³-hybridized carbons (Fsp3) is 0.143. The molecule has 1 aliphatic rings. The number of rotatable bonds is 7. The molecule has 0 N–H and O–H groups in total. The average molecular weight is 463 g/mol. The summed E-state index contributed by atoms with van der Waals surface area (Å²) in [6.07, 6.45) is 1.46. The number of aliphatic imine (C=N–C) groups is 1. The Balaban J connectivity index is 1.94. The molecule has 0 aromatic heterocycles. The summed E-state index contributed by atoms with van der Waals surface area (Å²) < 4.78 is 16.1. The van der Waals surface area contributed by atoms with Gasteiger partial charge in [-0.15, -0.1) is 0 Å². The number of cyclic esters (lactones) is 1. The van der Waals surface area contributed by atoms with Crippen molar-refractivity contribution >= 4 is 46.8 Å². The van der Waals surface area contributed by atoms with E-state index in [-0.39, 0.29) is 39.5 Å². The van der Waals surface area contributed by atoms with Gasteiger partial charge in [0, 0.05) is 12.1 Å². The number of nitro groups is 1. The van der Waals surface area contributed by atoms with Crippen LogP contribution >= 0.6 is 23.2 Å². The van der Waals surface area contributed by atoms with Crippen LogP contribution in [0.5, 0.6) is 11.5 Å². The minimum atomic E-state index is -0.706. The van der Waals surface area contributed by atoms with Crippen molar-refractivity contribution < 1.29 is 23.9 Å². The molecule has 160 valence electrons. The third kappa shape index (κ3) is 5.04. The molecule has 8 nitrogen and oxygen atoms in total. The third-order valence-electron chi connectivity index (χ3n) is 4.03. The highest BCUT2D eigenvalue weighted by molar-refractivity contribution is 6.35. The fourth-order valence-corrected chi connectivity index (χ4v) is 3.16. The van der Waals surface area contributed by atoms with E-state index < -0.39 is 10.9 Å². The molecule has 0 aliphatic carbocycles. The SMILES string of the molecule is C=C(C)COc1c(Cl)cc(/C=C2\N=C(c3ccc([N+](=O)[O-])cc3Cl)OC2=O)cc1OC. The summed E-state index contributed by atoms with van der Waals surface area (Å²) in [4.78, 5) is 26.7. The Hall–Kier alpha value is -3.36. The van der Waals surface area contributed by atoms with Crippen molar-refractivity contribution in [2.24, 2.45) is 4.99 Å². The van der Waals surface area contributed by atoms with Crippen LogP contribution in [0.3, 0.4) is 0 Å². The first-order valence-electron chi connectivity index (χ1n) is 8.81. The summed E-state index contributed by atoms with van der Waals surface area (Å²) in [5.74, 6) is -0.0440. The van der Waals surface area contributed by atoms with Crippen LogP contribution in [-0.2, 0) is 9.53 Å². The zero-order chi connectivity index (χ0) is 22.7. The molecule has 3 rings (SSSR count). The van der Waals surface area contributed by atoms with Crippen molar-refractivity contribution in [1.82, 2.24) is 0 Å². The van der Waals surface area contributed by atoms with E-state index in [0.717, 1.165) is 11.6 Å². The number of benzene rings is 2. The highest BCUT2D eigenvalue weighted by atomic mass is 35.5. The van der Waals surface area contributed by atoms with Crippen molar-refractivity contribution in [3.8, 4) is 11.5 Å². The number of ether oxygens (including phenoxy) is 3. The van der Waals surface area contributed by atoms with E-state index in [4.69, 9.17) is 37.4 Å². The molecule has 0 bridgehead atoms. The number of halogens is 2. The Kier molecular flexibility index (Phi) is 6.62. The highest BCUT2D eigenvalue weighted by Gasteiger charge is 2.27. The van der Waals surface area contributed by atoms with Gasteiger partial charge in [0.2, 0.25) is 5.90 Å². The molecule has 0 radical (unpaired) electrons. The molecule has 1 heterocycles. The Morgan fingerprint density at radius 1 is 1.29 bits per heavy atom. The summed E-state index contributed by atoms with van der Waals surface area (Å²) in [6, 6.07) is 6.98. The van der Waals surface area contributed by atoms with Gasteiger partial charge in [0.05, 0.1) is 27.6 Å². The zero-order valence-electron chi connectivity index (χ0n) is 16.5. The predicted molar refractivity (Wildman–Crippen MR) is 117 cm³/mol. The molecule has 0 fully saturated rings. The number of hydrogen-bond donors (Lipinski definition) is 0. The lowest BCUT2D eigenvalue weighted by Crippen LogP contribution is -2.06. The average Bonchev–Trinajstić information content (AvgIpc) is 3.06. The van der Waals surface area contributed by atoms with Crippen LogP contribution < -0.4 is 9.47 Å². The van der Waals surface area contributed by atoms with E-state index in [2.05, 4.69) is 11.6 Å². The van der Waals surface area contributed by atoms with E-state index >= 15 is 0 Å². The second kappa shape index (κ2) is 9.20. The quantitative estimate of drug-likeness (QED) is 0.184. The van der Waals surface area contributed by atoms with Crippen molar-refractivity contribution in [3.05, 3.63) is 79.5 Å². The molecule has 31 heavy (non-hydrogen) atoms.